The predicted octanol–water partition coefficient (Wildman–Crippen LogP) is 2.00. The zero-order valence-electron chi connectivity index (χ0n) is 11.9. The number of hydrogen-bond acceptors (Lipinski definition) is 3. The van der Waals surface area contributed by atoms with Crippen molar-refractivity contribution in [1.29, 1.82) is 0 Å². The fourth-order valence-electron chi connectivity index (χ4n) is 2.90. The van der Waals surface area contributed by atoms with Gasteiger partial charge in [-0.15, -0.1) is 12.4 Å². The van der Waals surface area contributed by atoms with Gasteiger partial charge in [-0.2, -0.15) is 0 Å². The van der Waals surface area contributed by atoms with E-state index in [1.807, 2.05) is 24.3 Å². The Morgan fingerprint density at radius 2 is 2.10 bits per heavy atom. The van der Waals surface area contributed by atoms with E-state index in [2.05, 4.69) is 5.32 Å². The number of hydrogen-bond donors (Lipinski definition) is 2. The smallest absolute Gasteiger partial charge is 0.230 e. The van der Waals surface area contributed by atoms with Crippen LogP contribution in [-0.4, -0.2) is 26.1 Å². The van der Waals surface area contributed by atoms with Crippen molar-refractivity contribution in [1.82, 2.24) is 5.32 Å². The second kappa shape index (κ2) is 7.50. The number of methoxy groups -OCH3 is 1. The third kappa shape index (κ3) is 3.25. The Hall–Kier alpha value is -1.26. The average Bonchev–Trinajstić information content (AvgIpc) is 2.95. The van der Waals surface area contributed by atoms with Gasteiger partial charge in [0.2, 0.25) is 5.91 Å². The normalized spacial score (nSPS) is 16.3. The lowest BCUT2D eigenvalue weighted by Crippen LogP contribution is -2.44. The van der Waals surface area contributed by atoms with Crippen LogP contribution in [0, 0.1) is 0 Å². The van der Waals surface area contributed by atoms with Crippen LogP contribution >= 0.6 is 12.4 Å². The van der Waals surface area contributed by atoms with E-state index in [1.165, 1.54) is 0 Å². The zero-order valence-corrected chi connectivity index (χ0v) is 12.7. The molecule has 0 heterocycles. The molecule has 0 bridgehead atoms. The van der Waals surface area contributed by atoms with Crippen molar-refractivity contribution in [2.24, 2.45) is 5.73 Å². The van der Waals surface area contributed by atoms with Gasteiger partial charge in [0.15, 0.2) is 0 Å². The zero-order chi connectivity index (χ0) is 13.7. The highest BCUT2D eigenvalue weighted by Gasteiger charge is 2.42. The fraction of sp³-hybridized carbons (Fsp3) is 0.533. The number of carbonyl (C=O) groups is 1. The van der Waals surface area contributed by atoms with Crippen LogP contribution in [-0.2, 0) is 10.2 Å². The molecule has 0 radical (unpaired) electrons. The Labute approximate surface area is 126 Å². The fourth-order valence-corrected chi connectivity index (χ4v) is 2.90. The molecular formula is C15H23ClN2O2. The third-order valence-corrected chi connectivity index (χ3v) is 3.94. The summed E-state index contributed by atoms with van der Waals surface area (Å²) in [6.45, 7) is 1.00. The molecule has 3 N–H and O–H groups in total. The number of carbonyl (C=O) groups excluding carboxylic acids is 1. The molecule has 1 amide bonds. The van der Waals surface area contributed by atoms with Gasteiger partial charge in [-0.25, -0.2) is 0 Å². The predicted molar refractivity (Wildman–Crippen MR) is 82.5 cm³/mol. The van der Waals surface area contributed by atoms with Crippen LogP contribution in [0.1, 0.15) is 31.2 Å². The summed E-state index contributed by atoms with van der Waals surface area (Å²) in [5.41, 5.74) is 6.12. The molecule has 2 rings (SSSR count). The molecule has 1 fully saturated rings. The third-order valence-electron chi connectivity index (χ3n) is 3.94. The van der Waals surface area contributed by atoms with Crippen LogP contribution in [0.4, 0.5) is 0 Å². The van der Waals surface area contributed by atoms with Gasteiger partial charge in [-0.05, 0) is 30.5 Å². The summed E-state index contributed by atoms with van der Waals surface area (Å²) in [7, 11) is 1.65. The van der Waals surface area contributed by atoms with Crippen molar-refractivity contribution in [2.45, 2.75) is 31.1 Å². The maximum atomic E-state index is 12.5. The van der Waals surface area contributed by atoms with Gasteiger partial charge in [0.05, 0.1) is 12.5 Å². The topological polar surface area (TPSA) is 64.3 Å². The summed E-state index contributed by atoms with van der Waals surface area (Å²) >= 11 is 0. The van der Waals surface area contributed by atoms with Crippen LogP contribution in [0.5, 0.6) is 5.75 Å². The minimum atomic E-state index is -0.399. The van der Waals surface area contributed by atoms with Crippen LogP contribution in [0.3, 0.4) is 0 Å². The van der Waals surface area contributed by atoms with Crippen molar-refractivity contribution in [2.75, 3.05) is 20.2 Å². The first-order valence-electron chi connectivity index (χ1n) is 6.86. The summed E-state index contributed by atoms with van der Waals surface area (Å²) in [6.07, 6.45) is 3.98. The molecule has 1 aliphatic rings. The lowest BCUT2D eigenvalue weighted by atomic mass is 9.78. The first kappa shape index (κ1) is 16.8. The molecule has 0 saturated heterocycles. The number of benzene rings is 1. The summed E-state index contributed by atoms with van der Waals surface area (Å²) in [5, 5.41) is 2.95. The molecule has 0 aromatic heterocycles. The van der Waals surface area contributed by atoms with Crippen molar-refractivity contribution in [3.63, 3.8) is 0 Å². The Bertz CT molecular complexity index is 445. The van der Waals surface area contributed by atoms with Crippen LogP contribution < -0.4 is 15.8 Å². The quantitative estimate of drug-likeness (QED) is 0.874. The molecule has 4 nitrogen and oxygen atoms in total. The number of nitrogens with two attached hydrogens (primary N) is 1. The molecular weight excluding hydrogens is 276 g/mol. The Morgan fingerprint density at radius 3 is 2.70 bits per heavy atom. The van der Waals surface area contributed by atoms with Crippen molar-refractivity contribution >= 4 is 18.3 Å². The first-order valence-corrected chi connectivity index (χ1v) is 6.86. The van der Waals surface area contributed by atoms with Crippen molar-refractivity contribution in [3.8, 4) is 5.75 Å². The van der Waals surface area contributed by atoms with E-state index in [9.17, 15) is 4.79 Å². The Morgan fingerprint density at radius 1 is 1.40 bits per heavy atom. The number of ether oxygens (including phenoxy) is 1. The van der Waals surface area contributed by atoms with Crippen molar-refractivity contribution < 1.29 is 9.53 Å². The molecule has 112 valence electrons. The summed E-state index contributed by atoms with van der Waals surface area (Å²) in [6, 6.07) is 7.86. The maximum Gasteiger partial charge on any atom is 0.230 e. The number of amides is 1. The molecule has 0 unspecified atom stereocenters. The Kier molecular flexibility index (Phi) is 6.30. The van der Waals surface area contributed by atoms with E-state index in [1.54, 1.807) is 7.11 Å². The van der Waals surface area contributed by atoms with Gasteiger partial charge in [-0.3, -0.25) is 4.79 Å². The maximum absolute atomic E-state index is 12.5. The molecule has 1 aromatic rings. The molecule has 0 atom stereocenters. The highest BCUT2D eigenvalue weighted by Crippen LogP contribution is 2.42. The molecule has 1 aromatic carbocycles. The van der Waals surface area contributed by atoms with E-state index >= 15 is 0 Å². The second-order valence-electron chi connectivity index (χ2n) is 5.07. The number of rotatable bonds is 5. The van der Waals surface area contributed by atoms with Gasteiger partial charge in [-0.1, -0.05) is 25.0 Å². The SMILES string of the molecule is COc1cccc(C2(C(=O)NCCN)CCCC2)c1.Cl. The second-order valence-corrected chi connectivity index (χ2v) is 5.07. The van der Waals surface area contributed by atoms with E-state index in [0.29, 0.717) is 13.1 Å². The summed E-state index contributed by atoms with van der Waals surface area (Å²) in [4.78, 5) is 12.5. The summed E-state index contributed by atoms with van der Waals surface area (Å²) < 4.78 is 5.27. The average molecular weight is 299 g/mol. The number of nitrogens with one attached hydrogen (secondary N) is 1. The minimum Gasteiger partial charge on any atom is -0.497 e. The van der Waals surface area contributed by atoms with Crippen LogP contribution in [0.25, 0.3) is 0 Å². The van der Waals surface area contributed by atoms with Gasteiger partial charge < -0.3 is 15.8 Å². The largest absolute Gasteiger partial charge is 0.497 e. The first-order chi connectivity index (χ1) is 9.23. The van der Waals surface area contributed by atoms with E-state index < -0.39 is 5.41 Å². The van der Waals surface area contributed by atoms with E-state index in [-0.39, 0.29) is 18.3 Å². The minimum absolute atomic E-state index is 0. The number of halogens is 1. The van der Waals surface area contributed by atoms with Gasteiger partial charge in [0.25, 0.3) is 0 Å². The molecule has 0 spiro atoms. The molecule has 1 aliphatic carbocycles. The van der Waals surface area contributed by atoms with Gasteiger partial charge >= 0.3 is 0 Å². The highest BCUT2D eigenvalue weighted by atomic mass is 35.5. The summed E-state index contributed by atoms with van der Waals surface area (Å²) in [5.74, 6) is 0.902. The van der Waals surface area contributed by atoms with Gasteiger partial charge in [0.1, 0.15) is 5.75 Å². The lowest BCUT2D eigenvalue weighted by Gasteiger charge is -2.28. The standard InChI is InChI=1S/C15H22N2O2.ClH/c1-19-13-6-4-5-12(11-13)15(7-2-3-8-15)14(18)17-10-9-16;/h4-6,11H,2-3,7-10,16H2,1H3,(H,17,18);1H. The van der Waals surface area contributed by atoms with Crippen LogP contribution in [0.15, 0.2) is 24.3 Å². The monoisotopic (exact) mass is 298 g/mol. The van der Waals surface area contributed by atoms with E-state index in [4.69, 9.17) is 10.5 Å². The molecule has 20 heavy (non-hydrogen) atoms. The van der Waals surface area contributed by atoms with E-state index in [0.717, 1.165) is 37.0 Å². The highest BCUT2D eigenvalue weighted by molar-refractivity contribution is 5.88. The molecule has 0 aliphatic heterocycles. The van der Waals surface area contributed by atoms with Gasteiger partial charge in [0, 0.05) is 13.1 Å². The molecule has 5 heteroatoms. The van der Waals surface area contributed by atoms with Crippen LogP contribution in [0.2, 0.25) is 0 Å². The lowest BCUT2D eigenvalue weighted by molar-refractivity contribution is -0.126. The Balaban J connectivity index is 0.00000200. The van der Waals surface area contributed by atoms with Crippen molar-refractivity contribution in [3.05, 3.63) is 29.8 Å². The molecule has 1 saturated carbocycles.